The second-order valence-electron chi connectivity index (χ2n) is 4.89. The average Bonchev–Trinajstić information content (AvgIpc) is 2.85. The lowest BCUT2D eigenvalue weighted by Crippen LogP contribution is -2.28. The van der Waals surface area contributed by atoms with Crippen molar-refractivity contribution in [1.29, 1.82) is 0 Å². The van der Waals surface area contributed by atoms with Crippen LogP contribution in [0.1, 0.15) is 33.9 Å². The molecule has 2 nitrogen and oxygen atoms in total. The second-order valence-corrected chi connectivity index (χ2v) is 4.89. The number of benzene rings is 2. The van der Waals surface area contributed by atoms with Gasteiger partial charge >= 0.3 is 0 Å². The molecule has 0 heterocycles. The zero-order chi connectivity index (χ0) is 14.1. The normalized spacial score (nSPS) is 16.8. The van der Waals surface area contributed by atoms with Crippen molar-refractivity contribution in [2.24, 2.45) is 0 Å². The molecular weight excluding hydrogens is 260 g/mol. The highest BCUT2D eigenvalue weighted by molar-refractivity contribution is 5.94. The molecule has 0 aromatic heterocycles. The predicted molar refractivity (Wildman–Crippen MR) is 71.3 cm³/mol. The zero-order valence-electron chi connectivity index (χ0n) is 10.7. The van der Waals surface area contributed by atoms with E-state index < -0.39 is 17.5 Å². The lowest BCUT2D eigenvalue weighted by Gasteiger charge is -2.14. The van der Waals surface area contributed by atoms with E-state index in [1.54, 1.807) is 0 Å². The van der Waals surface area contributed by atoms with Crippen LogP contribution in [0, 0.1) is 11.6 Å². The maximum atomic E-state index is 13.6. The molecule has 1 aliphatic carbocycles. The average molecular weight is 273 g/mol. The molecule has 102 valence electrons. The van der Waals surface area contributed by atoms with Crippen molar-refractivity contribution >= 4 is 5.91 Å². The van der Waals surface area contributed by atoms with Gasteiger partial charge in [-0.3, -0.25) is 4.79 Å². The third kappa shape index (κ3) is 2.29. The van der Waals surface area contributed by atoms with Gasteiger partial charge in [0.15, 0.2) is 0 Å². The van der Waals surface area contributed by atoms with Crippen LogP contribution in [0.15, 0.2) is 42.5 Å². The molecule has 0 radical (unpaired) electrons. The zero-order valence-corrected chi connectivity index (χ0v) is 10.7. The molecule has 0 bridgehead atoms. The Hall–Kier alpha value is -2.23. The standard InChI is InChI=1S/C16H13F2NO/c17-11-6-7-14(18)13(9-11)16(20)19-15-8-5-10-3-1-2-4-12(10)15/h1-4,6-7,9,15H,5,8H2,(H,19,20)/t15-/m1/s1. The molecular formula is C16H13F2NO. The Morgan fingerprint density at radius 2 is 1.95 bits per heavy atom. The van der Waals surface area contributed by atoms with E-state index in [0.29, 0.717) is 0 Å². The Balaban J connectivity index is 1.82. The Labute approximate surface area is 115 Å². The van der Waals surface area contributed by atoms with Gasteiger partial charge in [-0.1, -0.05) is 24.3 Å². The number of hydrogen-bond acceptors (Lipinski definition) is 1. The van der Waals surface area contributed by atoms with E-state index in [0.717, 1.165) is 36.6 Å². The minimum atomic E-state index is -0.713. The second kappa shape index (κ2) is 5.04. The fourth-order valence-electron chi connectivity index (χ4n) is 2.61. The topological polar surface area (TPSA) is 29.1 Å². The van der Waals surface area contributed by atoms with Gasteiger partial charge in [0, 0.05) is 0 Å². The minimum Gasteiger partial charge on any atom is -0.345 e. The van der Waals surface area contributed by atoms with Crippen LogP contribution < -0.4 is 5.32 Å². The molecule has 1 amide bonds. The summed E-state index contributed by atoms with van der Waals surface area (Å²) >= 11 is 0. The quantitative estimate of drug-likeness (QED) is 0.893. The number of carbonyl (C=O) groups excluding carboxylic acids is 1. The van der Waals surface area contributed by atoms with Crippen LogP contribution in [-0.4, -0.2) is 5.91 Å². The van der Waals surface area contributed by atoms with Crippen LogP contribution in [0.4, 0.5) is 8.78 Å². The summed E-state index contributed by atoms with van der Waals surface area (Å²) in [6.45, 7) is 0. The van der Waals surface area contributed by atoms with Crippen LogP contribution in [0.25, 0.3) is 0 Å². The molecule has 1 aliphatic rings. The molecule has 0 saturated carbocycles. The number of nitrogens with one attached hydrogen (secondary N) is 1. The molecule has 2 aromatic rings. The van der Waals surface area contributed by atoms with Gasteiger partial charge in [0.1, 0.15) is 11.6 Å². The van der Waals surface area contributed by atoms with Gasteiger partial charge in [-0.15, -0.1) is 0 Å². The van der Waals surface area contributed by atoms with Gasteiger partial charge in [0.25, 0.3) is 5.91 Å². The van der Waals surface area contributed by atoms with Gasteiger partial charge in [-0.25, -0.2) is 8.78 Å². The maximum Gasteiger partial charge on any atom is 0.254 e. The van der Waals surface area contributed by atoms with Crippen LogP contribution in [0.3, 0.4) is 0 Å². The van der Waals surface area contributed by atoms with Gasteiger partial charge in [0.2, 0.25) is 0 Å². The summed E-state index contributed by atoms with van der Waals surface area (Å²) in [6, 6.07) is 10.6. The van der Waals surface area contributed by atoms with E-state index in [-0.39, 0.29) is 11.6 Å². The SMILES string of the molecule is O=C(N[C@@H]1CCc2ccccc21)c1cc(F)ccc1F. The fraction of sp³-hybridized carbons (Fsp3) is 0.188. The van der Waals surface area contributed by atoms with Crippen molar-refractivity contribution in [3.63, 3.8) is 0 Å². The van der Waals surface area contributed by atoms with Crippen molar-refractivity contribution in [3.8, 4) is 0 Å². The van der Waals surface area contributed by atoms with Crippen LogP contribution in [0.5, 0.6) is 0 Å². The molecule has 0 spiro atoms. The summed E-state index contributed by atoms with van der Waals surface area (Å²) in [6.07, 6.45) is 1.66. The number of carbonyl (C=O) groups is 1. The number of aryl methyl sites for hydroxylation is 1. The first kappa shape index (κ1) is 12.8. The summed E-state index contributed by atoms with van der Waals surface area (Å²) in [5, 5.41) is 2.77. The van der Waals surface area contributed by atoms with Crippen LogP contribution >= 0.6 is 0 Å². The van der Waals surface area contributed by atoms with E-state index in [1.807, 2.05) is 24.3 Å². The first-order valence-corrected chi connectivity index (χ1v) is 6.49. The maximum absolute atomic E-state index is 13.6. The van der Waals surface area contributed by atoms with Crippen LogP contribution in [0.2, 0.25) is 0 Å². The van der Waals surface area contributed by atoms with Crippen molar-refractivity contribution in [1.82, 2.24) is 5.32 Å². The van der Waals surface area contributed by atoms with E-state index in [4.69, 9.17) is 0 Å². The Morgan fingerprint density at radius 3 is 2.80 bits per heavy atom. The van der Waals surface area contributed by atoms with Gasteiger partial charge in [-0.2, -0.15) is 0 Å². The molecule has 0 fully saturated rings. The summed E-state index contributed by atoms with van der Waals surface area (Å²) in [4.78, 5) is 12.1. The van der Waals surface area contributed by atoms with E-state index in [1.165, 1.54) is 5.56 Å². The summed E-state index contributed by atoms with van der Waals surface area (Å²) in [7, 11) is 0. The highest BCUT2D eigenvalue weighted by Crippen LogP contribution is 2.31. The molecule has 2 aromatic carbocycles. The smallest absolute Gasteiger partial charge is 0.254 e. The molecule has 0 unspecified atom stereocenters. The summed E-state index contributed by atoms with van der Waals surface area (Å²) < 4.78 is 26.7. The fourth-order valence-corrected chi connectivity index (χ4v) is 2.61. The number of hydrogen-bond donors (Lipinski definition) is 1. The number of rotatable bonds is 2. The lowest BCUT2D eigenvalue weighted by molar-refractivity contribution is 0.0932. The molecule has 1 atom stereocenters. The predicted octanol–water partition coefficient (Wildman–Crippen LogP) is 3.38. The number of fused-ring (bicyclic) bond motifs is 1. The summed E-state index contributed by atoms with van der Waals surface area (Å²) in [5.41, 5.74) is 1.99. The first-order valence-electron chi connectivity index (χ1n) is 6.49. The molecule has 3 rings (SSSR count). The molecule has 1 N–H and O–H groups in total. The first-order chi connectivity index (χ1) is 9.65. The van der Waals surface area contributed by atoms with Crippen molar-refractivity contribution < 1.29 is 13.6 Å². The largest absolute Gasteiger partial charge is 0.345 e. The summed E-state index contributed by atoms with van der Waals surface area (Å²) in [5.74, 6) is -1.91. The van der Waals surface area contributed by atoms with Crippen LogP contribution in [-0.2, 0) is 6.42 Å². The van der Waals surface area contributed by atoms with E-state index in [9.17, 15) is 13.6 Å². The minimum absolute atomic E-state index is 0.138. The monoisotopic (exact) mass is 273 g/mol. The van der Waals surface area contributed by atoms with Crippen molar-refractivity contribution in [2.75, 3.05) is 0 Å². The van der Waals surface area contributed by atoms with Gasteiger partial charge < -0.3 is 5.32 Å². The highest BCUT2D eigenvalue weighted by atomic mass is 19.1. The number of amides is 1. The third-order valence-electron chi connectivity index (χ3n) is 3.61. The Bertz CT molecular complexity index is 669. The molecule has 0 aliphatic heterocycles. The third-order valence-corrected chi connectivity index (χ3v) is 3.61. The molecule has 4 heteroatoms. The number of halogens is 2. The van der Waals surface area contributed by atoms with Gasteiger partial charge in [-0.05, 0) is 42.2 Å². The molecule has 0 saturated heterocycles. The highest BCUT2D eigenvalue weighted by Gasteiger charge is 2.24. The van der Waals surface area contributed by atoms with Crippen molar-refractivity contribution in [2.45, 2.75) is 18.9 Å². The van der Waals surface area contributed by atoms with Crippen molar-refractivity contribution in [3.05, 3.63) is 70.8 Å². The van der Waals surface area contributed by atoms with E-state index >= 15 is 0 Å². The Morgan fingerprint density at radius 1 is 1.15 bits per heavy atom. The Kier molecular flexibility index (Phi) is 3.22. The van der Waals surface area contributed by atoms with Gasteiger partial charge in [0.05, 0.1) is 11.6 Å². The molecule has 20 heavy (non-hydrogen) atoms. The van der Waals surface area contributed by atoms with E-state index in [2.05, 4.69) is 5.32 Å². The lowest BCUT2D eigenvalue weighted by atomic mass is 10.1.